The van der Waals surface area contributed by atoms with Crippen LogP contribution in [0.5, 0.6) is 5.75 Å². The third kappa shape index (κ3) is 3.66. The molecule has 0 saturated heterocycles. The number of benzene rings is 1. The van der Waals surface area contributed by atoms with Gasteiger partial charge in [-0.3, -0.25) is 0 Å². The maximum absolute atomic E-state index is 8.71. The van der Waals surface area contributed by atoms with Gasteiger partial charge in [0.1, 0.15) is 5.75 Å². The van der Waals surface area contributed by atoms with Crippen LogP contribution in [0.1, 0.15) is 38.7 Å². The van der Waals surface area contributed by atoms with E-state index in [0.29, 0.717) is 17.4 Å². The molecule has 0 radical (unpaired) electrons. The summed E-state index contributed by atoms with van der Waals surface area (Å²) in [5.74, 6) is 2.33. The van der Waals surface area contributed by atoms with Crippen LogP contribution in [-0.4, -0.2) is 17.1 Å². The first-order valence-corrected chi connectivity index (χ1v) is 7.73. The fourth-order valence-corrected chi connectivity index (χ4v) is 3.55. The van der Waals surface area contributed by atoms with E-state index in [9.17, 15) is 0 Å². The van der Waals surface area contributed by atoms with E-state index in [1.54, 1.807) is 6.07 Å². The highest BCUT2D eigenvalue weighted by molar-refractivity contribution is 9.10. The number of oxime groups is 1. The second-order valence-corrected chi connectivity index (χ2v) is 6.64. The smallest absolute Gasteiger partial charge is 0.171 e. The Balaban J connectivity index is 2.09. The van der Waals surface area contributed by atoms with Crippen LogP contribution in [0.15, 0.2) is 27.8 Å². The van der Waals surface area contributed by atoms with Gasteiger partial charge in [-0.25, -0.2) is 0 Å². The van der Waals surface area contributed by atoms with Crippen molar-refractivity contribution in [1.29, 1.82) is 0 Å². The maximum atomic E-state index is 8.71. The van der Waals surface area contributed by atoms with Crippen molar-refractivity contribution >= 4 is 21.8 Å². The zero-order chi connectivity index (χ0) is 14.7. The zero-order valence-electron chi connectivity index (χ0n) is 11.8. The summed E-state index contributed by atoms with van der Waals surface area (Å²) in [4.78, 5) is 0. The van der Waals surface area contributed by atoms with Crippen molar-refractivity contribution < 1.29 is 9.94 Å². The monoisotopic (exact) mass is 340 g/mol. The first-order valence-electron chi connectivity index (χ1n) is 6.93. The van der Waals surface area contributed by atoms with Crippen LogP contribution in [0.2, 0.25) is 0 Å². The predicted octanol–water partition coefficient (Wildman–Crippen LogP) is 3.75. The average Bonchev–Trinajstić information content (AvgIpc) is 2.36. The second-order valence-electron chi connectivity index (χ2n) is 5.78. The zero-order valence-corrected chi connectivity index (χ0v) is 13.4. The van der Waals surface area contributed by atoms with Crippen molar-refractivity contribution in [3.05, 3.63) is 28.2 Å². The molecule has 0 aromatic heterocycles. The Morgan fingerprint density at radius 3 is 2.50 bits per heavy atom. The molecule has 2 unspecified atom stereocenters. The molecule has 0 heterocycles. The minimum absolute atomic E-state index is 0.0864. The number of amidine groups is 1. The highest BCUT2D eigenvalue weighted by atomic mass is 79.9. The summed E-state index contributed by atoms with van der Waals surface area (Å²) >= 11 is 3.43. The van der Waals surface area contributed by atoms with Gasteiger partial charge in [-0.15, -0.1) is 0 Å². The van der Waals surface area contributed by atoms with Crippen LogP contribution >= 0.6 is 15.9 Å². The van der Waals surface area contributed by atoms with Crippen molar-refractivity contribution in [3.63, 3.8) is 0 Å². The van der Waals surface area contributed by atoms with Gasteiger partial charge < -0.3 is 15.7 Å². The van der Waals surface area contributed by atoms with Crippen LogP contribution in [-0.2, 0) is 0 Å². The molecule has 5 heteroatoms. The van der Waals surface area contributed by atoms with E-state index in [0.717, 1.165) is 23.1 Å². The molecule has 1 saturated carbocycles. The summed E-state index contributed by atoms with van der Waals surface area (Å²) in [6, 6.07) is 5.53. The number of hydrogen-bond acceptors (Lipinski definition) is 3. The molecule has 3 N–H and O–H groups in total. The van der Waals surface area contributed by atoms with E-state index in [4.69, 9.17) is 15.7 Å². The largest absolute Gasteiger partial charge is 0.490 e. The lowest BCUT2D eigenvalue weighted by atomic mass is 9.82. The molecule has 0 aliphatic heterocycles. The lowest BCUT2D eigenvalue weighted by molar-refractivity contribution is 0.101. The van der Waals surface area contributed by atoms with E-state index >= 15 is 0 Å². The van der Waals surface area contributed by atoms with Crippen LogP contribution in [0, 0.1) is 11.8 Å². The number of nitrogens with zero attached hydrogens (tertiary/aromatic N) is 1. The van der Waals surface area contributed by atoms with Crippen molar-refractivity contribution in [2.24, 2.45) is 22.7 Å². The molecule has 1 aliphatic rings. The second kappa shape index (κ2) is 6.48. The summed E-state index contributed by atoms with van der Waals surface area (Å²) in [5, 5.41) is 11.7. The first kappa shape index (κ1) is 15.2. The van der Waals surface area contributed by atoms with Gasteiger partial charge in [0.15, 0.2) is 5.84 Å². The van der Waals surface area contributed by atoms with Crippen LogP contribution < -0.4 is 10.5 Å². The maximum Gasteiger partial charge on any atom is 0.171 e. The number of rotatable bonds is 3. The van der Waals surface area contributed by atoms with Crippen LogP contribution in [0.4, 0.5) is 0 Å². The highest BCUT2D eigenvalue weighted by Gasteiger charge is 2.25. The molecule has 1 aromatic carbocycles. The van der Waals surface area contributed by atoms with Gasteiger partial charge in [0, 0.05) is 10.0 Å². The Morgan fingerprint density at radius 1 is 1.30 bits per heavy atom. The van der Waals surface area contributed by atoms with Gasteiger partial charge >= 0.3 is 0 Å². The molecular weight excluding hydrogens is 320 g/mol. The Kier molecular flexibility index (Phi) is 4.91. The van der Waals surface area contributed by atoms with E-state index in [2.05, 4.69) is 34.9 Å². The summed E-state index contributed by atoms with van der Waals surface area (Å²) in [6.45, 7) is 4.56. The van der Waals surface area contributed by atoms with E-state index in [1.165, 1.54) is 6.42 Å². The van der Waals surface area contributed by atoms with Gasteiger partial charge in [-0.05, 0) is 65.2 Å². The third-order valence-electron chi connectivity index (χ3n) is 3.76. The number of ether oxygens (including phenoxy) is 1. The lowest BCUT2D eigenvalue weighted by Crippen LogP contribution is -2.28. The topological polar surface area (TPSA) is 67.8 Å². The SMILES string of the molecule is CC1CC(C)CC(Oc2ccc(/C(N)=N/O)c(Br)c2)C1. The predicted molar refractivity (Wildman–Crippen MR) is 83.2 cm³/mol. The van der Waals surface area contributed by atoms with Crippen molar-refractivity contribution in [1.82, 2.24) is 0 Å². The van der Waals surface area contributed by atoms with Gasteiger partial charge in [0.25, 0.3) is 0 Å². The molecular formula is C15H21BrN2O2. The minimum Gasteiger partial charge on any atom is -0.490 e. The standard InChI is InChI=1S/C15H21BrN2O2/c1-9-5-10(2)7-12(6-9)20-11-3-4-13(14(16)8-11)15(17)18-19/h3-4,8-10,12,19H,5-7H2,1-2H3,(H2,17,18). The van der Waals surface area contributed by atoms with Crippen molar-refractivity contribution in [2.45, 2.75) is 39.2 Å². The molecule has 2 atom stereocenters. The van der Waals surface area contributed by atoms with E-state index in [-0.39, 0.29) is 11.9 Å². The fourth-order valence-electron chi connectivity index (χ4n) is 2.99. The number of nitrogens with two attached hydrogens (primary N) is 1. The molecule has 1 aromatic rings. The van der Waals surface area contributed by atoms with E-state index < -0.39 is 0 Å². The minimum atomic E-state index is 0.0864. The summed E-state index contributed by atoms with van der Waals surface area (Å²) < 4.78 is 6.84. The fraction of sp³-hybridized carbons (Fsp3) is 0.533. The Hall–Kier alpha value is -1.23. The van der Waals surface area contributed by atoms with Crippen LogP contribution in [0.25, 0.3) is 0 Å². The number of halogens is 1. The molecule has 110 valence electrons. The highest BCUT2D eigenvalue weighted by Crippen LogP contribution is 2.32. The normalized spacial score (nSPS) is 27.4. The Morgan fingerprint density at radius 2 is 1.95 bits per heavy atom. The summed E-state index contributed by atoms with van der Waals surface area (Å²) in [6.07, 6.45) is 3.76. The van der Waals surface area contributed by atoms with Gasteiger partial charge in [-0.1, -0.05) is 19.0 Å². The van der Waals surface area contributed by atoms with Gasteiger partial charge in [-0.2, -0.15) is 0 Å². The average molecular weight is 341 g/mol. The summed E-state index contributed by atoms with van der Waals surface area (Å²) in [5.41, 5.74) is 6.25. The Bertz CT molecular complexity index is 495. The van der Waals surface area contributed by atoms with Gasteiger partial charge in [0.2, 0.25) is 0 Å². The molecule has 0 spiro atoms. The molecule has 2 rings (SSSR count). The molecule has 1 fully saturated rings. The molecule has 4 nitrogen and oxygen atoms in total. The Labute approximate surface area is 128 Å². The molecule has 20 heavy (non-hydrogen) atoms. The molecule has 1 aliphatic carbocycles. The van der Waals surface area contributed by atoms with Crippen molar-refractivity contribution in [3.8, 4) is 5.75 Å². The number of hydrogen-bond donors (Lipinski definition) is 2. The van der Waals surface area contributed by atoms with E-state index in [1.807, 2.05) is 12.1 Å². The quantitative estimate of drug-likeness (QED) is 0.381. The van der Waals surface area contributed by atoms with Crippen molar-refractivity contribution in [2.75, 3.05) is 0 Å². The first-order chi connectivity index (χ1) is 9.49. The summed E-state index contributed by atoms with van der Waals surface area (Å²) in [7, 11) is 0. The van der Waals surface area contributed by atoms with Gasteiger partial charge in [0.05, 0.1) is 6.10 Å². The third-order valence-corrected chi connectivity index (χ3v) is 4.42. The molecule has 0 bridgehead atoms. The lowest BCUT2D eigenvalue weighted by Gasteiger charge is -2.31. The van der Waals surface area contributed by atoms with Crippen LogP contribution in [0.3, 0.4) is 0 Å². The molecule has 0 amide bonds.